The highest BCUT2D eigenvalue weighted by atomic mass is 79.9. The van der Waals surface area contributed by atoms with E-state index < -0.39 is 5.82 Å². The van der Waals surface area contributed by atoms with Gasteiger partial charge in [0.05, 0.1) is 11.1 Å². The zero-order valence-corrected chi connectivity index (χ0v) is 10.9. The van der Waals surface area contributed by atoms with Crippen LogP contribution >= 0.6 is 15.9 Å². The van der Waals surface area contributed by atoms with Crippen LogP contribution in [0.1, 0.15) is 16.8 Å². The lowest BCUT2D eigenvalue weighted by Crippen LogP contribution is -2.33. The second-order valence-corrected chi connectivity index (χ2v) is 4.74. The number of amides is 1. The van der Waals surface area contributed by atoms with Crippen LogP contribution in [0.4, 0.5) is 4.39 Å². The van der Waals surface area contributed by atoms with Gasteiger partial charge in [-0.15, -0.1) is 0 Å². The molecule has 1 heterocycles. The largest absolute Gasteiger partial charge is 0.380 e. The van der Waals surface area contributed by atoms with Gasteiger partial charge in [0.1, 0.15) is 5.82 Å². The number of ether oxygens (including phenoxy) is 1. The fourth-order valence-electron chi connectivity index (χ4n) is 1.76. The number of carbonyl (C=O) groups is 1. The van der Waals surface area contributed by atoms with Crippen molar-refractivity contribution in [3.8, 4) is 0 Å². The summed E-state index contributed by atoms with van der Waals surface area (Å²) in [4.78, 5) is 13.8. The van der Waals surface area contributed by atoms with E-state index in [-0.39, 0.29) is 5.91 Å². The van der Waals surface area contributed by atoms with Gasteiger partial charge in [0.2, 0.25) is 0 Å². The minimum Gasteiger partial charge on any atom is -0.380 e. The Balaban J connectivity index is 2.14. The molecule has 0 aromatic heterocycles. The normalized spacial score (nSPS) is 16.7. The van der Waals surface area contributed by atoms with Gasteiger partial charge in [-0.3, -0.25) is 4.79 Å². The second-order valence-electron chi connectivity index (χ2n) is 3.89. The highest BCUT2D eigenvalue weighted by Gasteiger charge is 2.18. The number of nitrogens with zero attached hydrogens (tertiary/aromatic N) is 1. The first-order valence-corrected chi connectivity index (χ1v) is 6.30. The molecule has 1 aliphatic heterocycles. The van der Waals surface area contributed by atoms with Gasteiger partial charge in [0.15, 0.2) is 0 Å². The third-order valence-electron chi connectivity index (χ3n) is 2.68. The van der Waals surface area contributed by atoms with E-state index in [0.717, 1.165) is 6.42 Å². The van der Waals surface area contributed by atoms with E-state index in [9.17, 15) is 9.18 Å². The summed E-state index contributed by atoms with van der Waals surface area (Å²) < 4.78 is 19.0. The number of benzene rings is 1. The summed E-state index contributed by atoms with van der Waals surface area (Å²) >= 11 is 3.07. The van der Waals surface area contributed by atoms with Crippen LogP contribution in [0.3, 0.4) is 0 Å². The maximum absolute atomic E-state index is 13.3. The zero-order valence-electron chi connectivity index (χ0n) is 9.29. The molecule has 5 heteroatoms. The van der Waals surface area contributed by atoms with Crippen molar-refractivity contribution in [1.29, 1.82) is 0 Å². The van der Waals surface area contributed by atoms with E-state index in [2.05, 4.69) is 15.9 Å². The summed E-state index contributed by atoms with van der Waals surface area (Å²) in [6.45, 7) is 2.45. The summed E-state index contributed by atoms with van der Waals surface area (Å²) in [5.41, 5.74) is 0.382. The number of hydrogen-bond donors (Lipinski definition) is 0. The van der Waals surface area contributed by atoms with E-state index in [1.165, 1.54) is 6.07 Å². The van der Waals surface area contributed by atoms with Gasteiger partial charge >= 0.3 is 0 Å². The lowest BCUT2D eigenvalue weighted by Gasteiger charge is -2.19. The quantitative estimate of drug-likeness (QED) is 0.797. The molecular formula is C12H13BrFNO2. The fourth-order valence-corrected chi connectivity index (χ4v) is 2.01. The van der Waals surface area contributed by atoms with Crippen LogP contribution in [0.5, 0.6) is 0 Å². The first-order valence-electron chi connectivity index (χ1n) is 5.50. The maximum Gasteiger partial charge on any atom is 0.254 e. The van der Waals surface area contributed by atoms with E-state index in [0.29, 0.717) is 36.3 Å². The third-order valence-corrected chi connectivity index (χ3v) is 3.32. The predicted octanol–water partition coefficient (Wildman–Crippen LogP) is 2.45. The minimum absolute atomic E-state index is 0.137. The van der Waals surface area contributed by atoms with Gasteiger partial charge in [0, 0.05) is 25.3 Å². The molecule has 1 aromatic rings. The molecule has 3 nitrogen and oxygen atoms in total. The Morgan fingerprint density at radius 1 is 1.35 bits per heavy atom. The summed E-state index contributed by atoms with van der Waals surface area (Å²) in [6.07, 6.45) is 0.824. The van der Waals surface area contributed by atoms with Crippen molar-refractivity contribution in [2.45, 2.75) is 6.42 Å². The number of hydrogen-bond acceptors (Lipinski definition) is 2. The van der Waals surface area contributed by atoms with Crippen LogP contribution in [0.2, 0.25) is 0 Å². The van der Waals surface area contributed by atoms with Crippen molar-refractivity contribution >= 4 is 21.8 Å². The highest BCUT2D eigenvalue weighted by Crippen LogP contribution is 2.17. The number of rotatable bonds is 1. The van der Waals surface area contributed by atoms with Crippen molar-refractivity contribution in [3.05, 3.63) is 34.1 Å². The van der Waals surface area contributed by atoms with Gasteiger partial charge < -0.3 is 9.64 Å². The monoisotopic (exact) mass is 301 g/mol. The van der Waals surface area contributed by atoms with Crippen molar-refractivity contribution < 1.29 is 13.9 Å². The van der Waals surface area contributed by atoms with Crippen LogP contribution in [0.15, 0.2) is 22.7 Å². The van der Waals surface area contributed by atoms with Gasteiger partial charge in [0.25, 0.3) is 5.91 Å². The molecule has 1 saturated heterocycles. The van der Waals surface area contributed by atoms with Gasteiger partial charge in [-0.2, -0.15) is 0 Å². The molecule has 17 heavy (non-hydrogen) atoms. The Labute approximate surface area is 108 Å². The van der Waals surface area contributed by atoms with Crippen LogP contribution in [-0.2, 0) is 4.74 Å². The molecule has 0 aliphatic carbocycles. The fraction of sp³-hybridized carbons (Fsp3) is 0.417. The topological polar surface area (TPSA) is 29.5 Å². The molecule has 0 spiro atoms. The number of carbonyl (C=O) groups excluding carboxylic acids is 1. The molecule has 1 fully saturated rings. The molecule has 1 aromatic carbocycles. The van der Waals surface area contributed by atoms with Gasteiger partial charge in [-0.25, -0.2) is 4.39 Å². The summed E-state index contributed by atoms with van der Waals surface area (Å²) in [7, 11) is 0. The van der Waals surface area contributed by atoms with Gasteiger partial charge in [-0.05, 0) is 40.5 Å². The Kier molecular flexibility index (Phi) is 4.12. The molecule has 1 amide bonds. The average Bonchev–Trinajstić information content (AvgIpc) is 2.60. The molecule has 92 valence electrons. The molecule has 0 bridgehead atoms. The standard InChI is InChI=1S/C12H13BrFNO2/c13-10-3-2-9(8-11(10)14)12(16)15-4-1-6-17-7-5-15/h2-3,8H,1,4-7H2. The van der Waals surface area contributed by atoms with Crippen molar-refractivity contribution in [2.24, 2.45) is 0 Å². The lowest BCUT2D eigenvalue weighted by atomic mass is 10.2. The van der Waals surface area contributed by atoms with E-state index in [4.69, 9.17) is 4.74 Å². The zero-order chi connectivity index (χ0) is 12.3. The molecule has 0 N–H and O–H groups in total. The third kappa shape index (κ3) is 3.04. The lowest BCUT2D eigenvalue weighted by molar-refractivity contribution is 0.0741. The summed E-state index contributed by atoms with van der Waals surface area (Å²) in [5, 5.41) is 0. The first kappa shape index (κ1) is 12.5. The second kappa shape index (κ2) is 5.60. The van der Waals surface area contributed by atoms with E-state index in [1.807, 2.05) is 0 Å². The first-order chi connectivity index (χ1) is 8.18. The van der Waals surface area contributed by atoms with Gasteiger partial charge in [-0.1, -0.05) is 0 Å². The van der Waals surface area contributed by atoms with Crippen LogP contribution in [-0.4, -0.2) is 37.1 Å². The summed E-state index contributed by atoms with van der Waals surface area (Å²) in [6, 6.07) is 4.44. The minimum atomic E-state index is -0.415. The van der Waals surface area contributed by atoms with Crippen molar-refractivity contribution in [2.75, 3.05) is 26.3 Å². The molecular weight excluding hydrogens is 289 g/mol. The maximum atomic E-state index is 13.3. The Hall–Kier alpha value is -0.940. The molecule has 0 unspecified atom stereocenters. The number of halogens is 2. The highest BCUT2D eigenvalue weighted by molar-refractivity contribution is 9.10. The SMILES string of the molecule is O=C(c1ccc(Br)c(F)c1)N1CCCOCC1. The smallest absolute Gasteiger partial charge is 0.254 e. The molecule has 0 atom stereocenters. The molecule has 0 saturated carbocycles. The Morgan fingerprint density at radius 3 is 2.94 bits per heavy atom. The molecule has 0 radical (unpaired) electrons. The van der Waals surface area contributed by atoms with Crippen LogP contribution < -0.4 is 0 Å². The van der Waals surface area contributed by atoms with Crippen LogP contribution in [0.25, 0.3) is 0 Å². The molecule has 2 rings (SSSR count). The predicted molar refractivity (Wildman–Crippen MR) is 65.4 cm³/mol. The average molecular weight is 302 g/mol. The van der Waals surface area contributed by atoms with Crippen molar-refractivity contribution in [3.63, 3.8) is 0 Å². The Bertz CT molecular complexity index is 417. The van der Waals surface area contributed by atoms with E-state index >= 15 is 0 Å². The Morgan fingerprint density at radius 2 is 2.18 bits per heavy atom. The van der Waals surface area contributed by atoms with Crippen molar-refractivity contribution in [1.82, 2.24) is 4.90 Å². The summed E-state index contributed by atoms with van der Waals surface area (Å²) in [5.74, 6) is -0.552. The molecule has 1 aliphatic rings. The van der Waals surface area contributed by atoms with E-state index in [1.54, 1.807) is 17.0 Å². The van der Waals surface area contributed by atoms with Crippen LogP contribution in [0, 0.1) is 5.82 Å².